The molecule has 0 atom stereocenters. The van der Waals surface area contributed by atoms with E-state index in [0.29, 0.717) is 24.4 Å². The third-order valence-corrected chi connectivity index (χ3v) is 4.76. The van der Waals surface area contributed by atoms with Crippen molar-refractivity contribution in [1.82, 2.24) is 10.6 Å². The van der Waals surface area contributed by atoms with Gasteiger partial charge in [-0.2, -0.15) is 0 Å². The lowest BCUT2D eigenvalue weighted by Gasteiger charge is -2.20. The Morgan fingerprint density at radius 1 is 0.852 bits per heavy atom. The van der Waals surface area contributed by atoms with Crippen LogP contribution in [0.4, 0.5) is 0 Å². The maximum Gasteiger partial charge on any atom is 0.251 e. The van der Waals surface area contributed by atoms with Gasteiger partial charge in [-0.15, -0.1) is 0 Å². The van der Waals surface area contributed by atoms with E-state index in [4.69, 9.17) is 4.74 Å². The van der Waals surface area contributed by atoms with Crippen LogP contribution in [-0.4, -0.2) is 24.9 Å². The minimum absolute atomic E-state index is 0.113. The Morgan fingerprint density at radius 2 is 1.56 bits per heavy atom. The van der Waals surface area contributed by atoms with Gasteiger partial charge in [-0.1, -0.05) is 43.5 Å². The molecule has 0 spiro atoms. The molecule has 0 heterocycles. The van der Waals surface area contributed by atoms with Gasteiger partial charge in [0.25, 0.3) is 5.91 Å². The van der Waals surface area contributed by atoms with Gasteiger partial charge in [0.05, 0.1) is 0 Å². The number of benzene rings is 2. The van der Waals surface area contributed by atoms with Crippen molar-refractivity contribution in [2.75, 3.05) is 13.1 Å². The van der Waals surface area contributed by atoms with E-state index in [1.54, 1.807) is 18.2 Å². The van der Waals surface area contributed by atoms with Gasteiger partial charge in [0.1, 0.15) is 11.5 Å². The first-order valence-electron chi connectivity index (χ1n) is 9.61. The number of nitrogens with one attached hydrogen (secondary N) is 2. The van der Waals surface area contributed by atoms with E-state index in [1.807, 2.05) is 36.4 Å². The number of hydrogen-bond acceptors (Lipinski definition) is 3. The van der Waals surface area contributed by atoms with Crippen molar-refractivity contribution in [1.29, 1.82) is 0 Å². The molecule has 142 valence electrons. The fraction of sp³-hybridized carbons (Fsp3) is 0.364. The summed E-state index contributed by atoms with van der Waals surface area (Å²) in [5, 5.41) is 5.76. The largest absolute Gasteiger partial charge is 0.457 e. The predicted octanol–water partition coefficient (Wildman–Crippen LogP) is 3.91. The molecule has 0 aromatic heterocycles. The summed E-state index contributed by atoms with van der Waals surface area (Å²) < 4.78 is 5.76. The van der Waals surface area contributed by atoms with Crippen LogP contribution in [0.1, 0.15) is 42.5 Å². The summed E-state index contributed by atoms with van der Waals surface area (Å²) in [4.78, 5) is 24.4. The molecular formula is C22H26N2O3. The Labute approximate surface area is 160 Å². The monoisotopic (exact) mass is 366 g/mol. The van der Waals surface area contributed by atoms with E-state index in [9.17, 15) is 9.59 Å². The summed E-state index contributed by atoms with van der Waals surface area (Å²) in [6, 6.07) is 16.5. The van der Waals surface area contributed by atoms with E-state index in [1.165, 1.54) is 6.42 Å². The molecular weight excluding hydrogens is 340 g/mol. The number of rotatable bonds is 7. The van der Waals surface area contributed by atoms with Crippen LogP contribution in [-0.2, 0) is 4.79 Å². The average Bonchev–Trinajstić information content (AvgIpc) is 2.72. The van der Waals surface area contributed by atoms with Crippen LogP contribution in [0.25, 0.3) is 0 Å². The van der Waals surface area contributed by atoms with Crippen molar-refractivity contribution in [3.8, 4) is 11.5 Å². The van der Waals surface area contributed by atoms with Crippen molar-refractivity contribution in [2.24, 2.45) is 5.92 Å². The molecule has 0 radical (unpaired) electrons. The van der Waals surface area contributed by atoms with Gasteiger partial charge in [-0.05, 0) is 43.2 Å². The van der Waals surface area contributed by atoms with E-state index < -0.39 is 0 Å². The Bertz CT molecular complexity index is 755. The zero-order valence-corrected chi connectivity index (χ0v) is 15.4. The second kappa shape index (κ2) is 9.76. The number of para-hydroxylation sites is 1. The quantitative estimate of drug-likeness (QED) is 0.730. The summed E-state index contributed by atoms with van der Waals surface area (Å²) in [6.45, 7) is 0.850. The van der Waals surface area contributed by atoms with E-state index in [0.717, 1.165) is 31.4 Å². The van der Waals surface area contributed by atoms with Crippen molar-refractivity contribution in [3.05, 3.63) is 60.2 Å². The lowest BCUT2D eigenvalue weighted by atomic mass is 9.89. The third-order valence-electron chi connectivity index (χ3n) is 4.76. The van der Waals surface area contributed by atoms with Gasteiger partial charge in [0, 0.05) is 24.6 Å². The zero-order chi connectivity index (χ0) is 18.9. The average molecular weight is 366 g/mol. The summed E-state index contributed by atoms with van der Waals surface area (Å²) in [5.74, 6) is 1.41. The second-order valence-corrected chi connectivity index (χ2v) is 6.82. The fourth-order valence-corrected chi connectivity index (χ4v) is 3.30. The van der Waals surface area contributed by atoms with E-state index >= 15 is 0 Å². The van der Waals surface area contributed by atoms with Gasteiger partial charge < -0.3 is 15.4 Å². The van der Waals surface area contributed by atoms with Crippen LogP contribution in [0.5, 0.6) is 11.5 Å². The van der Waals surface area contributed by atoms with Crippen molar-refractivity contribution in [3.63, 3.8) is 0 Å². The highest BCUT2D eigenvalue weighted by atomic mass is 16.5. The zero-order valence-electron chi connectivity index (χ0n) is 15.4. The maximum absolute atomic E-state index is 12.3. The Hall–Kier alpha value is -2.82. The van der Waals surface area contributed by atoms with Crippen LogP contribution in [0, 0.1) is 5.92 Å². The van der Waals surface area contributed by atoms with Crippen molar-refractivity contribution >= 4 is 11.8 Å². The molecule has 0 saturated heterocycles. The molecule has 1 aliphatic rings. The molecule has 1 fully saturated rings. The maximum atomic E-state index is 12.3. The van der Waals surface area contributed by atoms with Crippen molar-refractivity contribution < 1.29 is 14.3 Å². The molecule has 2 aromatic rings. The SMILES string of the molecule is O=C(NCCNC(=O)C1CCCCC1)c1cccc(Oc2ccccc2)c1. The fourth-order valence-electron chi connectivity index (χ4n) is 3.30. The molecule has 0 unspecified atom stereocenters. The standard InChI is InChI=1S/C22H26N2O3/c25-21(17-8-3-1-4-9-17)23-14-15-24-22(26)18-10-7-13-20(16-18)27-19-11-5-2-6-12-19/h2,5-7,10-13,16-17H,1,3-4,8-9,14-15H2,(H,23,25)(H,24,26). The molecule has 3 rings (SSSR count). The lowest BCUT2D eigenvalue weighted by molar-refractivity contribution is -0.125. The van der Waals surface area contributed by atoms with Crippen molar-refractivity contribution in [2.45, 2.75) is 32.1 Å². The smallest absolute Gasteiger partial charge is 0.251 e. The van der Waals surface area contributed by atoms with Crippen LogP contribution in [0.15, 0.2) is 54.6 Å². The van der Waals surface area contributed by atoms with Gasteiger partial charge in [0.15, 0.2) is 0 Å². The Kier molecular flexibility index (Phi) is 6.85. The first kappa shape index (κ1) is 19.0. The normalized spacial score (nSPS) is 14.4. The Balaban J connectivity index is 1.44. The van der Waals surface area contributed by atoms with Gasteiger partial charge in [-0.25, -0.2) is 0 Å². The lowest BCUT2D eigenvalue weighted by Crippen LogP contribution is -2.38. The topological polar surface area (TPSA) is 67.4 Å². The number of amides is 2. The van der Waals surface area contributed by atoms with E-state index in [-0.39, 0.29) is 17.7 Å². The molecule has 0 bridgehead atoms. The molecule has 0 aliphatic heterocycles. The van der Waals surface area contributed by atoms with E-state index in [2.05, 4.69) is 10.6 Å². The first-order chi connectivity index (χ1) is 13.2. The van der Waals surface area contributed by atoms with Crippen LogP contribution in [0.3, 0.4) is 0 Å². The molecule has 5 nitrogen and oxygen atoms in total. The molecule has 1 aliphatic carbocycles. The van der Waals surface area contributed by atoms with Gasteiger partial charge in [-0.3, -0.25) is 9.59 Å². The minimum atomic E-state index is -0.180. The van der Waals surface area contributed by atoms with Crippen LogP contribution < -0.4 is 15.4 Å². The number of carbonyl (C=O) groups excluding carboxylic acids is 2. The second-order valence-electron chi connectivity index (χ2n) is 6.82. The summed E-state index contributed by atoms with van der Waals surface area (Å²) in [7, 11) is 0. The highest BCUT2D eigenvalue weighted by molar-refractivity contribution is 5.94. The Morgan fingerprint density at radius 3 is 2.33 bits per heavy atom. The number of hydrogen-bond donors (Lipinski definition) is 2. The first-order valence-corrected chi connectivity index (χ1v) is 9.61. The summed E-state index contributed by atoms with van der Waals surface area (Å²) in [5.41, 5.74) is 0.530. The molecule has 27 heavy (non-hydrogen) atoms. The van der Waals surface area contributed by atoms with Gasteiger partial charge >= 0.3 is 0 Å². The number of carbonyl (C=O) groups is 2. The van der Waals surface area contributed by atoms with Crippen LogP contribution in [0.2, 0.25) is 0 Å². The van der Waals surface area contributed by atoms with Crippen LogP contribution >= 0.6 is 0 Å². The molecule has 5 heteroatoms. The summed E-state index contributed by atoms with van der Waals surface area (Å²) >= 11 is 0. The summed E-state index contributed by atoms with van der Waals surface area (Å²) in [6.07, 6.45) is 5.46. The highest BCUT2D eigenvalue weighted by Crippen LogP contribution is 2.23. The highest BCUT2D eigenvalue weighted by Gasteiger charge is 2.20. The minimum Gasteiger partial charge on any atom is -0.457 e. The third kappa shape index (κ3) is 5.84. The molecule has 2 amide bonds. The van der Waals surface area contributed by atoms with Gasteiger partial charge in [0.2, 0.25) is 5.91 Å². The molecule has 2 N–H and O–H groups in total. The molecule has 2 aromatic carbocycles. The number of ether oxygens (including phenoxy) is 1. The predicted molar refractivity (Wildman–Crippen MR) is 105 cm³/mol. The molecule has 1 saturated carbocycles.